The van der Waals surface area contributed by atoms with Crippen molar-refractivity contribution in [3.05, 3.63) is 73.7 Å². The molecule has 2 heterocycles. The molecular weight excluding hydrogens is 343 g/mol. The summed E-state index contributed by atoms with van der Waals surface area (Å²) < 4.78 is 1.70. The summed E-state index contributed by atoms with van der Waals surface area (Å²) in [6, 6.07) is 11.5. The first-order chi connectivity index (χ1) is 11.5. The van der Waals surface area contributed by atoms with E-state index in [0.717, 1.165) is 17.6 Å². The van der Waals surface area contributed by atoms with Crippen molar-refractivity contribution in [1.29, 1.82) is 0 Å². The van der Waals surface area contributed by atoms with Gasteiger partial charge in [-0.3, -0.25) is 9.36 Å². The normalized spacial score (nSPS) is 15.2. The highest BCUT2D eigenvalue weighted by Crippen LogP contribution is 2.30. The van der Waals surface area contributed by atoms with Gasteiger partial charge in [-0.05, 0) is 42.7 Å². The van der Waals surface area contributed by atoms with Gasteiger partial charge in [0.25, 0.3) is 5.56 Å². The zero-order valence-corrected chi connectivity index (χ0v) is 14.5. The third kappa shape index (κ3) is 2.54. The van der Waals surface area contributed by atoms with Crippen LogP contribution >= 0.6 is 23.2 Å². The van der Waals surface area contributed by atoms with Gasteiger partial charge in [0.1, 0.15) is 5.82 Å². The molecule has 2 aromatic carbocycles. The van der Waals surface area contributed by atoms with E-state index >= 15 is 0 Å². The molecule has 0 saturated carbocycles. The van der Waals surface area contributed by atoms with Gasteiger partial charge < -0.3 is 0 Å². The van der Waals surface area contributed by atoms with Crippen molar-refractivity contribution >= 4 is 45.8 Å². The van der Waals surface area contributed by atoms with Crippen molar-refractivity contribution in [3.63, 3.8) is 0 Å². The Morgan fingerprint density at radius 2 is 2.04 bits per heavy atom. The SMILES string of the molecule is Cc1cccc(C=C2CCn3c2nc2c(Cl)cc(Cl)cc2c3=O)c1. The molecule has 0 fully saturated rings. The van der Waals surface area contributed by atoms with Crippen LogP contribution in [0.5, 0.6) is 0 Å². The summed E-state index contributed by atoms with van der Waals surface area (Å²) in [5, 5.41) is 1.31. The molecule has 3 aromatic rings. The van der Waals surface area contributed by atoms with Crippen molar-refractivity contribution in [2.24, 2.45) is 0 Å². The predicted molar refractivity (Wildman–Crippen MR) is 99.7 cm³/mol. The number of hydrogen-bond donors (Lipinski definition) is 0. The molecule has 1 aliphatic heterocycles. The smallest absolute Gasteiger partial charge is 0.261 e. The lowest BCUT2D eigenvalue weighted by molar-refractivity contribution is 0.725. The Hall–Kier alpha value is -2.10. The highest BCUT2D eigenvalue weighted by molar-refractivity contribution is 6.38. The second kappa shape index (κ2) is 5.76. The topological polar surface area (TPSA) is 34.9 Å². The molecule has 0 radical (unpaired) electrons. The maximum atomic E-state index is 12.8. The molecular formula is C19H14Cl2N2O. The molecule has 0 spiro atoms. The predicted octanol–water partition coefficient (Wildman–Crippen LogP) is 4.96. The number of halogens is 2. The molecule has 3 nitrogen and oxygen atoms in total. The quantitative estimate of drug-likeness (QED) is 0.617. The highest BCUT2D eigenvalue weighted by atomic mass is 35.5. The number of aryl methyl sites for hydroxylation is 1. The van der Waals surface area contributed by atoms with E-state index in [4.69, 9.17) is 23.2 Å². The van der Waals surface area contributed by atoms with Gasteiger partial charge in [0.05, 0.1) is 15.9 Å². The summed E-state index contributed by atoms with van der Waals surface area (Å²) in [5.74, 6) is 0.693. The standard InChI is InChI=1S/C19H14Cl2N2O/c1-11-3-2-4-12(7-11)8-13-5-6-23-18(13)22-17-15(19(23)24)9-14(20)10-16(17)21/h2-4,7-10H,5-6H2,1H3. The zero-order valence-electron chi connectivity index (χ0n) is 13.0. The first-order valence-corrected chi connectivity index (χ1v) is 8.46. The fraction of sp³-hybridized carbons (Fsp3) is 0.158. The van der Waals surface area contributed by atoms with Crippen LogP contribution in [0, 0.1) is 6.92 Å². The molecule has 1 aromatic heterocycles. The van der Waals surface area contributed by atoms with Crippen LogP contribution in [0.4, 0.5) is 0 Å². The minimum atomic E-state index is -0.0907. The van der Waals surface area contributed by atoms with Gasteiger partial charge in [-0.25, -0.2) is 4.98 Å². The zero-order chi connectivity index (χ0) is 16.8. The molecule has 0 atom stereocenters. The minimum absolute atomic E-state index is 0.0907. The molecule has 0 unspecified atom stereocenters. The first-order valence-electron chi connectivity index (χ1n) is 7.70. The van der Waals surface area contributed by atoms with E-state index in [9.17, 15) is 4.79 Å². The third-order valence-corrected chi connectivity index (χ3v) is 4.76. The Morgan fingerprint density at radius 1 is 1.21 bits per heavy atom. The van der Waals surface area contributed by atoms with Crippen molar-refractivity contribution in [2.75, 3.05) is 0 Å². The van der Waals surface area contributed by atoms with Gasteiger partial charge in [0.15, 0.2) is 0 Å². The number of fused-ring (bicyclic) bond motifs is 2. The van der Waals surface area contributed by atoms with Gasteiger partial charge >= 0.3 is 0 Å². The van der Waals surface area contributed by atoms with Crippen molar-refractivity contribution < 1.29 is 0 Å². The molecule has 24 heavy (non-hydrogen) atoms. The summed E-state index contributed by atoms with van der Waals surface area (Å²) in [5.41, 5.74) is 3.77. The second-order valence-electron chi connectivity index (χ2n) is 6.01. The molecule has 120 valence electrons. The Bertz CT molecular complexity index is 1070. The Labute approximate surface area is 149 Å². The van der Waals surface area contributed by atoms with Gasteiger partial charge in [0, 0.05) is 11.6 Å². The third-order valence-electron chi connectivity index (χ3n) is 4.25. The largest absolute Gasteiger partial charge is 0.292 e. The fourth-order valence-electron chi connectivity index (χ4n) is 3.14. The lowest BCUT2D eigenvalue weighted by atomic mass is 10.1. The van der Waals surface area contributed by atoms with Crippen LogP contribution in [0.2, 0.25) is 10.0 Å². The highest BCUT2D eigenvalue weighted by Gasteiger charge is 2.22. The number of nitrogens with zero attached hydrogens (tertiary/aromatic N) is 2. The lowest BCUT2D eigenvalue weighted by Crippen LogP contribution is -2.20. The molecule has 1 aliphatic rings. The number of rotatable bonds is 1. The van der Waals surface area contributed by atoms with Crippen LogP contribution in [0.1, 0.15) is 23.4 Å². The number of benzene rings is 2. The monoisotopic (exact) mass is 356 g/mol. The summed E-state index contributed by atoms with van der Waals surface area (Å²) in [6.07, 6.45) is 2.87. The molecule has 4 rings (SSSR count). The van der Waals surface area contributed by atoms with Crippen LogP contribution in [-0.4, -0.2) is 9.55 Å². The van der Waals surface area contributed by atoms with Gasteiger partial charge in [-0.1, -0.05) is 53.0 Å². The maximum absolute atomic E-state index is 12.8. The molecule has 0 aliphatic carbocycles. The molecule has 0 bridgehead atoms. The van der Waals surface area contributed by atoms with Crippen LogP contribution in [0.15, 0.2) is 41.2 Å². The average Bonchev–Trinajstić information content (AvgIpc) is 2.92. The van der Waals surface area contributed by atoms with E-state index < -0.39 is 0 Å². The van der Waals surface area contributed by atoms with Crippen molar-refractivity contribution in [2.45, 2.75) is 19.9 Å². The van der Waals surface area contributed by atoms with E-state index in [-0.39, 0.29) is 5.56 Å². The lowest BCUT2D eigenvalue weighted by Gasteiger charge is -2.07. The minimum Gasteiger partial charge on any atom is -0.292 e. The number of aromatic nitrogens is 2. The summed E-state index contributed by atoms with van der Waals surface area (Å²) in [6.45, 7) is 2.68. The summed E-state index contributed by atoms with van der Waals surface area (Å²) in [7, 11) is 0. The average molecular weight is 357 g/mol. The van der Waals surface area contributed by atoms with Crippen LogP contribution in [0.3, 0.4) is 0 Å². The Morgan fingerprint density at radius 3 is 2.83 bits per heavy atom. The van der Waals surface area contributed by atoms with Crippen molar-refractivity contribution in [3.8, 4) is 0 Å². The van der Waals surface area contributed by atoms with Gasteiger partial charge in [-0.2, -0.15) is 0 Å². The number of hydrogen-bond acceptors (Lipinski definition) is 2. The van der Waals surface area contributed by atoms with E-state index in [1.165, 1.54) is 5.56 Å². The van der Waals surface area contributed by atoms with Crippen LogP contribution in [-0.2, 0) is 6.54 Å². The first kappa shape index (κ1) is 15.4. The summed E-state index contributed by atoms with van der Waals surface area (Å²) in [4.78, 5) is 17.4. The number of allylic oxidation sites excluding steroid dienone is 1. The maximum Gasteiger partial charge on any atom is 0.261 e. The van der Waals surface area contributed by atoms with E-state index in [2.05, 4.69) is 36.2 Å². The molecule has 0 amide bonds. The van der Waals surface area contributed by atoms with E-state index in [0.29, 0.717) is 33.3 Å². The van der Waals surface area contributed by atoms with Gasteiger partial charge in [0.2, 0.25) is 0 Å². The van der Waals surface area contributed by atoms with E-state index in [1.54, 1.807) is 16.7 Å². The molecule has 0 N–H and O–H groups in total. The fourth-order valence-corrected chi connectivity index (χ4v) is 3.68. The van der Waals surface area contributed by atoms with Gasteiger partial charge in [-0.15, -0.1) is 0 Å². The van der Waals surface area contributed by atoms with Crippen LogP contribution in [0.25, 0.3) is 22.6 Å². The molecule has 0 saturated heterocycles. The Kier molecular flexibility index (Phi) is 3.70. The van der Waals surface area contributed by atoms with E-state index in [1.807, 2.05) is 6.07 Å². The van der Waals surface area contributed by atoms with Crippen molar-refractivity contribution in [1.82, 2.24) is 9.55 Å². The Balaban J connectivity index is 1.94. The van der Waals surface area contributed by atoms with Crippen LogP contribution < -0.4 is 5.56 Å². The molecule has 5 heteroatoms. The summed E-state index contributed by atoms with van der Waals surface area (Å²) >= 11 is 12.3. The second-order valence-corrected chi connectivity index (χ2v) is 6.85.